The first-order valence-electron chi connectivity index (χ1n) is 10.4. The van der Waals surface area contributed by atoms with Crippen molar-refractivity contribution in [2.24, 2.45) is 5.41 Å². The molecule has 0 radical (unpaired) electrons. The van der Waals surface area contributed by atoms with E-state index in [2.05, 4.69) is 77.7 Å². The second-order valence-electron chi connectivity index (χ2n) is 8.36. The Hall–Kier alpha value is -2.42. The summed E-state index contributed by atoms with van der Waals surface area (Å²) in [6.07, 6.45) is 3.13. The van der Waals surface area contributed by atoms with Crippen LogP contribution in [0.15, 0.2) is 84.9 Å². The zero-order chi connectivity index (χ0) is 19.0. The fourth-order valence-electron chi connectivity index (χ4n) is 5.46. The summed E-state index contributed by atoms with van der Waals surface area (Å²) in [5, 5.41) is 12.7. The molecule has 1 unspecified atom stereocenters. The van der Waals surface area contributed by atoms with Crippen LogP contribution in [-0.2, 0) is 5.60 Å². The van der Waals surface area contributed by atoms with Crippen molar-refractivity contribution < 1.29 is 5.11 Å². The van der Waals surface area contributed by atoms with E-state index in [0.29, 0.717) is 0 Å². The van der Waals surface area contributed by atoms with E-state index in [-0.39, 0.29) is 5.41 Å². The summed E-state index contributed by atoms with van der Waals surface area (Å²) in [7, 11) is 0. The SMILES string of the molecule is OC(c1ccccc1)(c1ccccc1-c1ccccc1)C12CCN(CC1)CC2. The molecule has 2 heteroatoms. The normalized spacial score (nSPS) is 26.0. The number of hydrogen-bond acceptors (Lipinski definition) is 2. The zero-order valence-corrected chi connectivity index (χ0v) is 16.2. The molecule has 6 rings (SSSR count). The summed E-state index contributed by atoms with van der Waals surface area (Å²) >= 11 is 0. The highest BCUT2D eigenvalue weighted by atomic mass is 16.3. The molecule has 2 nitrogen and oxygen atoms in total. The lowest BCUT2D eigenvalue weighted by Gasteiger charge is -2.57. The van der Waals surface area contributed by atoms with Gasteiger partial charge in [0, 0.05) is 5.41 Å². The maximum Gasteiger partial charge on any atom is 0.121 e. The minimum Gasteiger partial charge on any atom is -0.380 e. The molecule has 1 N–H and O–H groups in total. The number of piperidine rings is 3. The van der Waals surface area contributed by atoms with E-state index in [4.69, 9.17) is 0 Å². The van der Waals surface area contributed by atoms with Crippen LogP contribution < -0.4 is 0 Å². The lowest BCUT2D eigenvalue weighted by molar-refractivity contribution is -0.124. The van der Waals surface area contributed by atoms with Crippen LogP contribution in [0.4, 0.5) is 0 Å². The van der Waals surface area contributed by atoms with Crippen molar-refractivity contribution in [1.82, 2.24) is 4.90 Å². The zero-order valence-electron chi connectivity index (χ0n) is 16.2. The van der Waals surface area contributed by atoms with Crippen molar-refractivity contribution in [3.05, 3.63) is 96.1 Å². The highest BCUT2D eigenvalue weighted by Gasteiger charge is 2.56. The molecule has 142 valence electrons. The number of fused-ring (bicyclic) bond motifs is 3. The molecule has 0 aromatic heterocycles. The van der Waals surface area contributed by atoms with Gasteiger partial charge in [0.05, 0.1) is 0 Å². The molecule has 0 aliphatic carbocycles. The second kappa shape index (κ2) is 6.88. The van der Waals surface area contributed by atoms with Crippen molar-refractivity contribution in [1.29, 1.82) is 0 Å². The lowest BCUT2D eigenvalue weighted by Crippen LogP contribution is -2.58. The molecule has 28 heavy (non-hydrogen) atoms. The quantitative estimate of drug-likeness (QED) is 0.694. The van der Waals surface area contributed by atoms with E-state index < -0.39 is 5.60 Å². The van der Waals surface area contributed by atoms with Crippen LogP contribution in [0.2, 0.25) is 0 Å². The van der Waals surface area contributed by atoms with Crippen molar-refractivity contribution in [3.63, 3.8) is 0 Å². The van der Waals surface area contributed by atoms with Gasteiger partial charge in [0.15, 0.2) is 0 Å². The van der Waals surface area contributed by atoms with Gasteiger partial charge in [0.25, 0.3) is 0 Å². The first-order chi connectivity index (χ1) is 13.7. The topological polar surface area (TPSA) is 23.5 Å². The monoisotopic (exact) mass is 369 g/mol. The largest absolute Gasteiger partial charge is 0.380 e. The minimum atomic E-state index is -0.993. The van der Waals surface area contributed by atoms with Gasteiger partial charge in [-0.1, -0.05) is 84.9 Å². The fourth-order valence-corrected chi connectivity index (χ4v) is 5.46. The van der Waals surface area contributed by atoms with Gasteiger partial charge in [-0.25, -0.2) is 0 Å². The Kier molecular flexibility index (Phi) is 4.34. The number of benzene rings is 3. The standard InChI is InChI=1S/C26H27NO/c28-26(22-11-5-2-6-12-22,25-15-18-27(19-16-25)20-17-25)24-14-8-7-13-23(24)21-9-3-1-4-10-21/h1-14,28H,15-20H2. The van der Waals surface area contributed by atoms with E-state index in [1.165, 1.54) is 0 Å². The average molecular weight is 370 g/mol. The summed E-state index contributed by atoms with van der Waals surface area (Å²) in [6, 6.07) is 29.3. The van der Waals surface area contributed by atoms with Crippen molar-refractivity contribution in [2.45, 2.75) is 24.9 Å². The highest BCUT2D eigenvalue weighted by Crippen LogP contribution is 2.57. The average Bonchev–Trinajstić information content (AvgIpc) is 2.81. The molecule has 3 heterocycles. The number of aliphatic hydroxyl groups is 1. The molecular weight excluding hydrogens is 342 g/mol. The summed E-state index contributed by atoms with van der Waals surface area (Å²) in [5.41, 5.74) is 3.26. The molecule has 2 bridgehead atoms. The lowest BCUT2D eigenvalue weighted by atomic mass is 9.56. The van der Waals surface area contributed by atoms with E-state index >= 15 is 0 Å². The van der Waals surface area contributed by atoms with Crippen molar-refractivity contribution in [3.8, 4) is 11.1 Å². The Morgan fingerprint density at radius 1 is 0.679 bits per heavy atom. The molecule has 1 atom stereocenters. The maximum atomic E-state index is 12.7. The van der Waals surface area contributed by atoms with Crippen LogP contribution in [-0.4, -0.2) is 29.6 Å². The third-order valence-electron chi connectivity index (χ3n) is 7.08. The molecule has 3 aliphatic heterocycles. The summed E-state index contributed by atoms with van der Waals surface area (Å²) in [4.78, 5) is 2.54. The predicted octanol–water partition coefficient (Wildman–Crippen LogP) is 5.08. The fraction of sp³-hybridized carbons (Fsp3) is 0.308. The van der Waals surface area contributed by atoms with Gasteiger partial charge in [0.1, 0.15) is 5.60 Å². The van der Waals surface area contributed by atoms with Gasteiger partial charge < -0.3 is 10.0 Å². The van der Waals surface area contributed by atoms with Gasteiger partial charge in [-0.2, -0.15) is 0 Å². The molecular formula is C26H27NO. The van der Waals surface area contributed by atoms with Crippen molar-refractivity contribution in [2.75, 3.05) is 19.6 Å². The second-order valence-corrected chi connectivity index (χ2v) is 8.36. The van der Waals surface area contributed by atoms with Crippen LogP contribution in [0.1, 0.15) is 30.4 Å². The Balaban J connectivity index is 1.76. The smallest absolute Gasteiger partial charge is 0.121 e. The molecule has 3 fully saturated rings. The Labute approximate surface area is 167 Å². The first-order valence-corrected chi connectivity index (χ1v) is 10.4. The molecule has 0 saturated carbocycles. The van der Waals surface area contributed by atoms with Crippen LogP contribution in [0, 0.1) is 5.41 Å². The molecule has 3 aromatic carbocycles. The molecule has 3 aromatic rings. The predicted molar refractivity (Wildman–Crippen MR) is 114 cm³/mol. The number of rotatable bonds is 4. The number of nitrogens with zero attached hydrogens (tertiary/aromatic N) is 1. The van der Waals surface area contributed by atoms with Gasteiger partial charge in [0.2, 0.25) is 0 Å². The Morgan fingerprint density at radius 2 is 1.21 bits per heavy atom. The minimum absolute atomic E-state index is 0.117. The van der Waals surface area contributed by atoms with Crippen LogP contribution >= 0.6 is 0 Å². The van der Waals surface area contributed by atoms with E-state index in [1.54, 1.807) is 0 Å². The molecule has 3 aliphatic rings. The van der Waals surface area contributed by atoms with E-state index in [9.17, 15) is 5.11 Å². The maximum absolute atomic E-state index is 12.7. The Bertz CT molecular complexity index is 931. The van der Waals surface area contributed by atoms with Gasteiger partial charge in [-0.15, -0.1) is 0 Å². The molecule has 3 saturated heterocycles. The third-order valence-corrected chi connectivity index (χ3v) is 7.08. The van der Waals surface area contributed by atoms with Crippen LogP contribution in [0.5, 0.6) is 0 Å². The van der Waals surface area contributed by atoms with Gasteiger partial charge in [-0.3, -0.25) is 0 Å². The third kappa shape index (κ3) is 2.63. The summed E-state index contributed by atoms with van der Waals surface area (Å²) < 4.78 is 0. The Morgan fingerprint density at radius 3 is 1.86 bits per heavy atom. The van der Waals surface area contributed by atoms with E-state index in [0.717, 1.165) is 61.2 Å². The first kappa shape index (κ1) is 17.7. The highest BCUT2D eigenvalue weighted by molar-refractivity contribution is 5.70. The van der Waals surface area contributed by atoms with Crippen molar-refractivity contribution >= 4 is 0 Å². The summed E-state index contributed by atoms with van der Waals surface area (Å²) in [6.45, 7) is 3.26. The molecule has 0 spiro atoms. The van der Waals surface area contributed by atoms with Gasteiger partial charge in [-0.05, 0) is 61.2 Å². The number of hydrogen-bond donors (Lipinski definition) is 1. The van der Waals surface area contributed by atoms with E-state index in [1.807, 2.05) is 12.1 Å². The molecule has 0 amide bonds. The summed E-state index contributed by atoms with van der Waals surface area (Å²) in [5.74, 6) is 0. The van der Waals surface area contributed by atoms with Crippen LogP contribution in [0.25, 0.3) is 11.1 Å². The van der Waals surface area contributed by atoms with Gasteiger partial charge >= 0.3 is 0 Å². The van der Waals surface area contributed by atoms with Crippen LogP contribution in [0.3, 0.4) is 0 Å².